The summed E-state index contributed by atoms with van der Waals surface area (Å²) in [6, 6.07) is 11.7. The number of nitrogens with zero attached hydrogens (tertiary/aromatic N) is 3. The molecule has 3 N–H and O–H groups in total. The molecule has 0 spiro atoms. The first kappa shape index (κ1) is 11.6. The highest BCUT2D eigenvalue weighted by Crippen LogP contribution is 2.19. The molecule has 1 aromatic carbocycles. The first-order chi connectivity index (χ1) is 9.36. The number of hydrogen-bond acceptors (Lipinski definition) is 4. The van der Waals surface area contributed by atoms with Gasteiger partial charge in [-0.1, -0.05) is 24.3 Å². The Balaban J connectivity index is 1.92. The molecule has 0 amide bonds. The first-order valence-corrected chi connectivity index (χ1v) is 5.99. The van der Waals surface area contributed by atoms with Gasteiger partial charge in [-0.2, -0.15) is 5.10 Å². The zero-order valence-electron chi connectivity index (χ0n) is 10.2. The molecule has 2 heterocycles. The average Bonchev–Trinajstić information content (AvgIpc) is 2.98. The third-order valence-corrected chi connectivity index (χ3v) is 2.89. The van der Waals surface area contributed by atoms with Crippen LogP contribution in [0.4, 0.5) is 0 Å². The standard InChI is InChI=1S/C14H13N5/c15-9-10-1-3-11(4-2-10)13-17-14(19-18-13)12-5-7-16-8-6-12/h1-8H,9,15H2,(H,17,18,19). The van der Waals surface area contributed by atoms with Crippen LogP contribution in [-0.4, -0.2) is 20.2 Å². The monoisotopic (exact) mass is 251 g/mol. The molecule has 5 heteroatoms. The molecule has 0 radical (unpaired) electrons. The van der Waals surface area contributed by atoms with E-state index in [1.54, 1.807) is 12.4 Å². The summed E-state index contributed by atoms with van der Waals surface area (Å²) in [6.07, 6.45) is 3.46. The SMILES string of the molecule is NCc1ccc(-c2n[nH]c(-c3ccncc3)n2)cc1. The lowest BCUT2D eigenvalue weighted by atomic mass is 10.1. The van der Waals surface area contributed by atoms with Crippen molar-refractivity contribution in [3.8, 4) is 22.8 Å². The summed E-state index contributed by atoms with van der Waals surface area (Å²) < 4.78 is 0. The first-order valence-electron chi connectivity index (χ1n) is 5.99. The number of hydrogen-bond donors (Lipinski definition) is 2. The minimum absolute atomic E-state index is 0.538. The van der Waals surface area contributed by atoms with Crippen molar-refractivity contribution >= 4 is 0 Å². The van der Waals surface area contributed by atoms with Gasteiger partial charge in [0, 0.05) is 30.1 Å². The normalized spacial score (nSPS) is 10.6. The Morgan fingerprint density at radius 3 is 2.37 bits per heavy atom. The minimum Gasteiger partial charge on any atom is -0.326 e. The Hall–Kier alpha value is -2.53. The second-order valence-electron chi connectivity index (χ2n) is 4.14. The highest BCUT2D eigenvalue weighted by atomic mass is 15.2. The smallest absolute Gasteiger partial charge is 0.181 e. The molecule has 0 atom stereocenters. The largest absolute Gasteiger partial charge is 0.326 e. The number of rotatable bonds is 3. The van der Waals surface area contributed by atoms with Crippen molar-refractivity contribution in [2.45, 2.75) is 6.54 Å². The minimum atomic E-state index is 0.538. The molecule has 0 unspecified atom stereocenters. The van der Waals surface area contributed by atoms with Gasteiger partial charge in [0.25, 0.3) is 0 Å². The number of aromatic amines is 1. The van der Waals surface area contributed by atoms with Gasteiger partial charge in [0.2, 0.25) is 0 Å². The number of nitrogens with one attached hydrogen (secondary N) is 1. The van der Waals surface area contributed by atoms with Crippen LogP contribution in [0.5, 0.6) is 0 Å². The van der Waals surface area contributed by atoms with Crippen LogP contribution in [0.15, 0.2) is 48.8 Å². The van der Waals surface area contributed by atoms with Gasteiger partial charge in [-0.05, 0) is 17.7 Å². The van der Waals surface area contributed by atoms with Crippen LogP contribution < -0.4 is 5.73 Å². The van der Waals surface area contributed by atoms with Crippen molar-refractivity contribution in [1.82, 2.24) is 20.2 Å². The molecule has 0 aliphatic rings. The molecule has 0 aliphatic heterocycles. The summed E-state index contributed by atoms with van der Waals surface area (Å²) in [5, 5.41) is 7.17. The molecule has 0 saturated heterocycles. The summed E-state index contributed by atoms with van der Waals surface area (Å²) in [4.78, 5) is 8.46. The van der Waals surface area contributed by atoms with Crippen LogP contribution in [0, 0.1) is 0 Å². The van der Waals surface area contributed by atoms with E-state index < -0.39 is 0 Å². The van der Waals surface area contributed by atoms with Gasteiger partial charge in [0.1, 0.15) is 0 Å². The van der Waals surface area contributed by atoms with Crippen LogP contribution in [0.1, 0.15) is 5.56 Å². The van der Waals surface area contributed by atoms with E-state index in [-0.39, 0.29) is 0 Å². The molecule has 2 aromatic heterocycles. The highest BCUT2D eigenvalue weighted by Gasteiger charge is 2.07. The van der Waals surface area contributed by atoms with Crippen LogP contribution in [0.25, 0.3) is 22.8 Å². The third kappa shape index (κ3) is 2.36. The van der Waals surface area contributed by atoms with E-state index in [4.69, 9.17) is 5.73 Å². The van der Waals surface area contributed by atoms with E-state index in [0.29, 0.717) is 12.4 Å². The van der Waals surface area contributed by atoms with Gasteiger partial charge in [-0.3, -0.25) is 10.1 Å². The zero-order valence-corrected chi connectivity index (χ0v) is 10.2. The molecule has 19 heavy (non-hydrogen) atoms. The van der Waals surface area contributed by atoms with Gasteiger partial charge in [0.15, 0.2) is 11.6 Å². The fraction of sp³-hybridized carbons (Fsp3) is 0.0714. The summed E-state index contributed by atoms with van der Waals surface area (Å²) in [5.74, 6) is 1.41. The van der Waals surface area contributed by atoms with Gasteiger partial charge < -0.3 is 5.73 Å². The van der Waals surface area contributed by atoms with Crippen molar-refractivity contribution in [2.75, 3.05) is 0 Å². The molecule has 3 rings (SSSR count). The third-order valence-electron chi connectivity index (χ3n) is 2.89. The maximum absolute atomic E-state index is 5.58. The molecule has 5 nitrogen and oxygen atoms in total. The van der Waals surface area contributed by atoms with Crippen molar-refractivity contribution in [1.29, 1.82) is 0 Å². The maximum atomic E-state index is 5.58. The second-order valence-corrected chi connectivity index (χ2v) is 4.14. The van der Waals surface area contributed by atoms with Crippen molar-refractivity contribution < 1.29 is 0 Å². The molecule has 3 aromatic rings. The van der Waals surface area contributed by atoms with E-state index in [9.17, 15) is 0 Å². The summed E-state index contributed by atoms with van der Waals surface area (Å²) >= 11 is 0. The fourth-order valence-electron chi connectivity index (χ4n) is 1.82. The van der Waals surface area contributed by atoms with Crippen LogP contribution in [-0.2, 0) is 6.54 Å². The van der Waals surface area contributed by atoms with E-state index in [2.05, 4.69) is 20.2 Å². The van der Waals surface area contributed by atoms with Crippen LogP contribution >= 0.6 is 0 Å². The number of pyridine rings is 1. The van der Waals surface area contributed by atoms with Crippen LogP contribution in [0.2, 0.25) is 0 Å². The van der Waals surface area contributed by atoms with Gasteiger partial charge in [0.05, 0.1) is 0 Å². The molecule has 94 valence electrons. The maximum Gasteiger partial charge on any atom is 0.181 e. The quantitative estimate of drug-likeness (QED) is 0.746. The zero-order chi connectivity index (χ0) is 13.1. The molecular weight excluding hydrogens is 238 g/mol. The lowest BCUT2D eigenvalue weighted by molar-refractivity contribution is 1.07. The summed E-state index contributed by atoms with van der Waals surface area (Å²) in [7, 11) is 0. The highest BCUT2D eigenvalue weighted by molar-refractivity contribution is 5.60. The average molecular weight is 251 g/mol. The molecule has 0 aliphatic carbocycles. The fourth-order valence-corrected chi connectivity index (χ4v) is 1.82. The lowest BCUT2D eigenvalue weighted by Gasteiger charge is -1.98. The van der Waals surface area contributed by atoms with Crippen molar-refractivity contribution in [3.63, 3.8) is 0 Å². The van der Waals surface area contributed by atoms with Crippen molar-refractivity contribution in [2.24, 2.45) is 5.73 Å². The van der Waals surface area contributed by atoms with E-state index >= 15 is 0 Å². The molecule has 0 saturated carbocycles. The number of aromatic nitrogens is 4. The van der Waals surface area contributed by atoms with E-state index in [1.807, 2.05) is 36.4 Å². The van der Waals surface area contributed by atoms with Gasteiger partial charge in [-0.15, -0.1) is 0 Å². The van der Waals surface area contributed by atoms with Crippen LogP contribution in [0.3, 0.4) is 0 Å². The van der Waals surface area contributed by atoms with Crippen molar-refractivity contribution in [3.05, 3.63) is 54.4 Å². The summed E-state index contributed by atoms with van der Waals surface area (Å²) in [6.45, 7) is 0.538. The topological polar surface area (TPSA) is 80.5 Å². The summed E-state index contributed by atoms with van der Waals surface area (Å²) in [5.41, 5.74) is 8.60. The van der Waals surface area contributed by atoms with Gasteiger partial charge in [-0.25, -0.2) is 4.98 Å². The Bertz CT molecular complexity index is 658. The Morgan fingerprint density at radius 2 is 1.68 bits per heavy atom. The lowest BCUT2D eigenvalue weighted by Crippen LogP contribution is -1.95. The number of H-pyrrole nitrogens is 1. The molecule has 0 fully saturated rings. The van der Waals surface area contributed by atoms with E-state index in [1.165, 1.54) is 0 Å². The predicted molar refractivity (Wildman–Crippen MR) is 72.9 cm³/mol. The Kier molecular flexibility index (Phi) is 3.04. The Morgan fingerprint density at radius 1 is 0.947 bits per heavy atom. The number of benzene rings is 1. The van der Waals surface area contributed by atoms with E-state index in [0.717, 1.165) is 22.5 Å². The molecular formula is C14H13N5. The number of nitrogens with two attached hydrogens (primary N) is 1. The Labute approximate surface area is 110 Å². The molecule has 0 bridgehead atoms. The second kappa shape index (κ2) is 4.99. The predicted octanol–water partition coefficient (Wildman–Crippen LogP) is 1.99. The van der Waals surface area contributed by atoms with Gasteiger partial charge >= 0.3 is 0 Å².